The highest BCUT2D eigenvalue weighted by atomic mass is 32.2. The van der Waals surface area contributed by atoms with Crippen LogP contribution in [-0.4, -0.2) is 9.96 Å². The van der Waals surface area contributed by atoms with Gasteiger partial charge in [0.05, 0.1) is 15.7 Å². The zero-order chi connectivity index (χ0) is 13.4. The number of hydrogen-bond donors (Lipinski definition) is 1. The van der Waals surface area contributed by atoms with E-state index in [1.54, 1.807) is 0 Å². The molecule has 1 aromatic rings. The first-order valence-electron chi connectivity index (χ1n) is 6.89. The summed E-state index contributed by atoms with van der Waals surface area (Å²) < 4.78 is 12.1. The van der Waals surface area contributed by atoms with Crippen molar-refractivity contribution in [1.82, 2.24) is 0 Å². The number of unbranched alkanes of at least 4 members (excludes halogenated alkanes) is 5. The summed E-state index contributed by atoms with van der Waals surface area (Å²) >= 11 is 0. The summed E-state index contributed by atoms with van der Waals surface area (Å²) in [5, 5.41) is 0. The van der Waals surface area contributed by atoms with E-state index in [9.17, 15) is 4.21 Å². The fourth-order valence-electron chi connectivity index (χ4n) is 1.96. The van der Waals surface area contributed by atoms with Crippen LogP contribution in [0.25, 0.3) is 0 Å². The van der Waals surface area contributed by atoms with Gasteiger partial charge in [0.25, 0.3) is 0 Å². The van der Waals surface area contributed by atoms with E-state index in [1.807, 2.05) is 25.1 Å². The van der Waals surface area contributed by atoms with Crippen molar-refractivity contribution < 1.29 is 4.21 Å². The van der Waals surface area contributed by atoms with Crippen molar-refractivity contribution in [1.29, 1.82) is 0 Å². The molecule has 0 spiro atoms. The van der Waals surface area contributed by atoms with Crippen molar-refractivity contribution in [2.75, 3.05) is 11.5 Å². The predicted molar refractivity (Wildman–Crippen MR) is 80.2 cm³/mol. The van der Waals surface area contributed by atoms with Crippen molar-refractivity contribution in [2.45, 2.75) is 57.3 Å². The quantitative estimate of drug-likeness (QED) is 0.570. The first-order valence-corrected chi connectivity index (χ1v) is 8.21. The third kappa shape index (κ3) is 5.21. The van der Waals surface area contributed by atoms with Gasteiger partial charge < -0.3 is 5.73 Å². The number of rotatable bonds is 8. The molecule has 0 heterocycles. The molecule has 0 aromatic heterocycles. The van der Waals surface area contributed by atoms with Crippen LogP contribution in [-0.2, 0) is 10.8 Å². The Balaban J connectivity index is 2.34. The van der Waals surface area contributed by atoms with E-state index < -0.39 is 10.8 Å². The van der Waals surface area contributed by atoms with Crippen LogP contribution in [0.3, 0.4) is 0 Å². The SMILES string of the molecule is CCCCCCCCS(=O)c1cc(C)ccc1N. The number of hydrogen-bond acceptors (Lipinski definition) is 2. The Hall–Kier alpha value is -0.830. The van der Waals surface area contributed by atoms with Crippen LogP contribution in [0.4, 0.5) is 5.69 Å². The van der Waals surface area contributed by atoms with Crippen molar-refractivity contribution >= 4 is 16.5 Å². The molecule has 0 bridgehead atoms. The average molecular weight is 267 g/mol. The van der Waals surface area contributed by atoms with Gasteiger partial charge in [-0.25, -0.2) is 0 Å². The van der Waals surface area contributed by atoms with Gasteiger partial charge in [-0.1, -0.05) is 45.1 Å². The van der Waals surface area contributed by atoms with Gasteiger partial charge in [-0.3, -0.25) is 4.21 Å². The zero-order valence-corrected chi connectivity index (χ0v) is 12.4. The van der Waals surface area contributed by atoms with E-state index in [-0.39, 0.29) is 0 Å². The molecule has 0 aliphatic heterocycles. The van der Waals surface area contributed by atoms with Crippen LogP contribution in [0.2, 0.25) is 0 Å². The lowest BCUT2D eigenvalue weighted by atomic mass is 10.1. The molecule has 1 atom stereocenters. The van der Waals surface area contributed by atoms with Crippen LogP contribution in [0, 0.1) is 6.92 Å². The molecule has 1 rings (SSSR count). The molecule has 0 aliphatic carbocycles. The maximum atomic E-state index is 12.1. The maximum absolute atomic E-state index is 12.1. The Morgan fingerprint density at radius 3 is 2.50 bits per heavy atom. The largest absolute Gasteiger partial charge is 0.398 e. The third-order valence-electron chi connectivity index (χ3n) is 3.10. The van der Waals surface area contributed by atoms with Gasteiger partial charge in [0, 0.05) is 11.4 Å². The molecule has 0 radical (unpaired) electrons. The minimum atomic E-state index is -0.937. The van der Waals surface area contributed by atoms with E-state index in [0.717, 1.165) is 22.6 Å². The molecule has 0 saturated carbocycles. The van der Waals surface area contributed by atoms with Crippen LogP contribution in [0.5, 0.6) is 0 Å². The smallest absolute Gasteiger partial charge is 0.0620 e. The van der Waals surface area contributed by atoms with Crippen LogP contribution in [0.15, 0.2) is 23.1 Å². The number of anilines is 1. The molecule has 0 fully saturated rings. The summed E-state index contributed by atoms with van der Waals surface area (Å²) in [5.41, 5.74) is 7.65. The fraction of sp³-hybridized carbons (Fsp3) is 0.600. The lowest BCUT2D eigenvalue weighted by molar-refractivity contribution is 0.622. The van der Waals surface area contributed by atoms with E-state index in [1.165, 1.54) is 32.1 Å². The molecule has 2 N–H and O–H groups in total. The van der Waals surface area contributed by atoms with Gasteiger partial charge >= 0.3 is 0 Å². The van der Waals surface area contributed by atoms with Crippen LogP contribution in [0.1, 0.15) is 51.0 Å². The molecule has 0 amide bonds. The topological polar surface area (TPSA) is 43.1 Å². The molecule has 0 saturated heterocycles. The van der Waals surface area contributed by atoms with Crippen molar-refractivity contribution in [3.63, 3.8) is 0 Å². The maximum Gasteiger partial charge on any atom is 0.0620 e. The second kappa shape index (κ2) is 8.30. The molecule has 0 aliphatic rings. The Bertz CT molecular complexity index is 390. The predicted octanol–water partition coefficient (Wildman–Crippen LogP) is 4.05. The van der Waals surface area contributed by atoms with Gasteiger partial charge in [-0.2, -0.15) is 0 Å². The second-order valence-corrected chi connectivity index (χ2v) is 6.40. The highest BCUT2D eigenvalue weighted by molar-refractivity contribution is 7.85. The summed E-state index contributed by atoms with van der Waals surface area (Å²) in [5.74, 6) is 0.736. The normalized spacial score (nSPS) is 12.6. The minimum Gasteiger partial charge on any atom is -0.398 e. The van der Waals surface area contributed by atoms with Crippen molar-refractivity contribution in [3.05, 3.63) is 23.8 Å². The fourth-order valence-corrected chi connectivity index (χ4v) is 3.30. The van der Waals surface area contributed by atoms with Crippen molar-refractivity contribution in [3.8, 4) is 0 Å². The van der Waals surface area contributed by atoms with Gasteiger partial charge in [-0.15, -0.1) is 0 Å². The molecule has 18 heavy (non-hydrogen) atoms. The van der Waals surface area contributed by atoms with E-state index in [4.69, 9.17) is 5.73 Å². The Morgan fingerprint density at radius 2 is 1.78 bits per heavy atom. The highest BCUT2D eigenvalue weighted by Gasteiger charge is 2.07. The molecule has 3 heteroatoms. The van der Waals surface area contributed by atoms with Gasteiger partial charge in [0.2, 0.25) is 0 Å². The molecule has 1 unspecified atom stereocenters. The molecule has 2 nitrogen and oxygen atoms in total. The number of benzene rings is 1. The summed E-state index contributed by atoms with van der Waals surface area (Å²) in [6.07, 6.45) is 7.35. The van der Waals surface area contributed by atoms with Gasteiger partial charge in [0.1, 0.15) is 0 Å². The highest BCUT2D eigenvalue weighted by Crippen LogP contribution is 2.19. The number of nitrogens with two attached hydrogens (primary N) is 1. The Labute approximate surface area is 113 Å². The van der Waals surface area contributed by atoms with Crippen LogP contribution < -0.4 is 5.73 Å². The number of aryl methyl sites for hydroxylation is 1. The number of nitrogen functional groups attached to an aromatic ring is 1. The summed E-state index contributed by atoms with van der Waals surface area (Å²) in [7, 11) is -0.937. The second-order valence-electron chi connectivity index (χ2n) is 4.86. The summed E-state index contributed by atoms with van der Waals surface area (Å²) in [6, 6.07) is 5.76. The summed E-state index contributed by atoms with van der Waals surface area (Å²) in [6.45, 7) is 4.22. The third-order valence-corrected chi connectivity index (χ3v) is 4.60. The van der Waals surface area contributed by atoms with Gasteiger partial charge in [-0.05, 0) is 31.0 Å². The zero-order valence-electron chi connectivity index (χ0n) is 11.6. The monoisotopic (exact) mass is 267 g/mol. The lowest BCUT2D eigenvalue weighted by Gasteiger charge is -2.07. The van der Waals surface area contributed by atoms with E-state index in [0.29, 0.717) is 5.69 Å². The average Bonchev–Trinajstić information content (AvgIpc) is 2.36. The Kier molecular flexibility index (Phi) is 7.02. The van der Waals surface area contributed by atoms with Crippen molar-refractivity contribution in [2.24, 2.45) is 0 Å². The van der Waals surface area contributed by atoms with E-state index in [2.05, 4.69) is 6.92 Å². The minimum absolute atomic E-state index is 0.657. The molecule has 102 valence electrons. The van der Waals surface area contributed by atoms with Crippen LogP contribution >= 0.6 is 0 Å². The molecule has 1 aromatic carbocycles. The summed E-state index contributed by atoms with van der Waals surface area (Å²) in [4.78, 5) is 0.809. The standard InChI is InChI=1S/C15H25NOS/c1-3-4-5-6-7-8-11-18(17)15-12-13(2)9-10-14(15)16/h9-10,12H,3-8,11,16H2,1-2H3. The first kappa shape index (κ1) is 15.2. The van der Waals surface area contributed by atoms with Gasteiger partial charge in [0.15, 0.2) is 0 Å². The molecular formula is C15H25NOS. The van der Waals surface area contributed by atoms with E-state index >= 15 is 0 Å². The Morgan fingerprint density at radius 1 is 1.11 bits per heavy atom. The lowest BCUT2D eigenvalue weighted by Crippen LogP contribution is -2.02. The first-order chi connectivity index (χ1) is 8.65. The molecular weight excluding hydrogens is 242 g/mol.